The summed E-state index contributed by atoms with van der Waals surface area (Å²) in [6.07, 6.45) is 0.868. The molecule has 110 valence electrons. The number of anilines is 2. The fourth-order valence-electron chi connectivity index (χ4n) is 2.26. The van der Waals surface area contributed by atoms with E-state index in [4.69, 9.17) is 0 Å². The number of hydrogen-bond acceptors (Lipinski definition) is 2. The highest BCUT2D eigenvalue weighted by atomic mass is 79.9. The van der Waals surface area contributed by atoms with Crippen molar-refractivity contribution in [1.82, 2.24) is 0 Å². The van der Waals surface area contributed by atoms with Gasteiger partial charge in [0.25, 0.3) is 5.91 Å². The predicted octanol–water partition coefficient (Wildman–Crippen LogP) is 4.61. The first-order chi connectivity index (χ1) is 10.0. The molecule has 2 aromatic carbocycles. The van der Waals surface area contributed by atoms with E-state index in [-0.39, 0.29) is 5.91 Å². The molecule has 0 saturated carbocycles. The van der Waals surface area contributed by atoms with Gasteiger partial charge in [-0.2, -0.15) is 0 Å². The number of rotatable bonds is 4. The highest BCUT2D eigenvalue weighted by molar-refractivity contribution is 9.10. The molecule has 0 radical (unpaired) electrons. The van der Waals surface area contributed by atoms with Gasteiger partial charge in [0, 0.05) is 28.5 Å². The lowest BCUT2D eigenvalue weighted by Gasteiger charge is -2.12. The average molecular weight is 347 g/mol. The van der Waals surface area contributed by atoms with E-state index < -0.39 is 0 Å². The number of aryl methyl sites for hydroxylation is 2. The lowest BCUT2D eigenvalue weighted by Crippen LogP contribution is -2.13. The SMILES string of the molecule is CCc1cc(Br)ccc1NC(=O)c1ccc(NC)c(C)c1. The molecule has 21 heavy (non-hydrogen) atoms. The van der Waals surface area contributed by atoms with Crippen molar-refractivity contribution in [2.24, 2.45) is 0 Å². The molecule has 2 aromatic rings. The van der Waals surface area contributed by atoms with Crippen LogP contribution in [-0.4, -0.2) is 13.0 Å². The Morgan fingerprint density at radius 3 is 2.48 bits per heavy atom. The van der Waals surface area contributed by atoms with Crippen LogP contribution in [0.1, 0.15) is 28.4 Å². The molecule has 0 atom stereocenters. The Bertz CT molecular complexity index is 668. The molecule has 0 bridgehead atoms. The molecule has 0 aromatic heterocycles. The maximum absolute atomic E-state index is 12.4. The van der Waals surface area contributed by atoms with Crippen molar-refractivity contribution >= 4 is 33.2 Å². The summed E-state index contributed by atoms with van der Waals surface area (Å²) >= 11 is 3.45. The second-order valence-corrected chi connectivity index (χ2v) is 5.80. The zero-order valence-corrected chi connectivity index (χ0v) is 14.0. The third kappa shape index (κ3) is 3.64. The number of benzene rings is 2. The van der Waals surface area contributed by atoms with Crippen LogP contribution in [0.3, 0.4) is 0 Å². The molecule has 0 unspecified atom stereocenters. The van der Waals surface area contributed by atoms with Crippen LogP contribution in [0.4, 0.5) is 11.4 Å². The number of amides is 1. The van der Waals surface area contributed by atoms with Gasteiger partial charge in [0.05, 0.1) is 0 Å². The molecule has 2 N–H and O–H groups in total. The number of carbonyl (C=O) groups excluding carboxylic acids is 1. The zero-order chi connectivity index (χ0) is 15.4. The highest BCUT2D eigenvalue weighted by Crippen LogP contribution is 2.23. The largest absolute Gasteiger partial charge is 0.388 e. The van der Waals surface area contributed by atoms with Crippen molar-refractivity contribution in [3.05, 3.63) is 57.6 Å². The Balaban J connectivity index is 2.24. The maximum Gasteiger partial charge on any atom is 0.255 e. The Hall–Kier alpha value is -1.81. The van der Waals surface area contributed by atoms with Gasteiger partial charge in [-0.15, -0.1) is 0 Å². The molecule has 0 fully saturated rings. The number of hydrogen-bond donors (Lipinski definition) is 2. The van der Waals surface area contributed by atoms with Crippen LogP contribution >= 0.6 is 15.9 Å². The highest BCUT2D eigenvalue weighted by Gasteiger charge is 2.10. The van der Waals surface area contributed by atoms with Crippen LogP contribution in [0.25, 0.3) is 0 Å². The molecule has 0 aliphatic carbocycles. The zero-order valence-electron chi connectivity index (χ0n) is 12.5. The summed E-state index contributed by atoms with van der Waals surface area (Å²) in [7, 11) is 1.87. The van der Waals surface area contributed by atoms with Gasteiger partial charge >= 0.3 is 0 Å². The predicted molar refractivity (Wildman–Crippen MR) is 92.2 cm³/mol. The second kappa shape index (κ2) is 6.76. The van der Waals surface area contributed by atoms with Gasteiger partial charge < -0.3 is 10.6 Å². The van der Waals surface area contributed by atoms with Crippen molar-refractivity contribution in [2.75, 3.05) is 17.7 Å². The minimum atomic E-state index is -0.0854. The van der Waals surface area contributed by atoms with Gasteiger partial charge in [-0.05, 0) is 60.9 Å². The summed E-state index contributed by atoms with van der Waals surface area (Å²) in [6.45, 7) is 4.06. The standard InChI is InChI=1S/C17H19BrN2O/c1-4-12-10-14(18)6-8-16(12)20-17(21)13-5-7-15(19-3)11(2)9-13/h5-10,19H,4H2,1-3H3,(H,20,21). The lowest BCUT2D eigenvalue weighted by atomic mass is 10.1. The Labute approximate surface area is 133 Å². The average Bonchev–Trinajstić information content (AvgIpc) is 2.48. The third-order valence-corrected chi connectivity index (χ3v) is 3.95. The molecule has 4 heteroatoms. The summed E-state index contributed by atoms with van der Waals surface area (Å²) in [6, 6.07) is 11.5. The smallest absolute Gasteiger partial charge is 0.255 e. The van der Waals surface area contributed by atoms with Crippen molar-refractivity contribution in [3.8, 4) is 0 Å². The number of nitrogens with one attached hydrogen (secondary N) is 2. The molecule has 0 spiro atoms. The fourth-order valence-corrected chi connectivity index (χ4v) is 2.67. The van der Waals surface area contributed by atoms with Crippen LogP contribution in [0.15, 0.2) is 40.9 Å². The number of carbonyl (C=O) groups is 1. The quantitative estimate of drug-likeness (QED) is 0.848. The van der Waals surface area contributed by atoms with E-state index in [2.05, 4.69) is 33.5 Å². The lowest BCUT2D eigenvalue weighted by molar-refractivity contribution is 0.102. The first-order valence-electron chi connectivity index (χ1n) is 6.93. The third-order valence-electron chi connectivity index (χ3n) is 3.45. The molecule has 0 aliphatic heterocycles. The first kappa shape index (κ1) is 15.6. The second-order valence-electron chi connectivity index (χ2n) is 4.89. The minimum Gasteiger partial charge on any atom is -0.388 e. The van der Waals surface area contributed by atoms with Gasteiger partial charge in [0.2, 0.25) is 0 Å². The molecule has 0 heterocycles. The summed E-state index contributed by atoms with van der Waals surface area (Å²) in [5, 5.41) is 6.09. The molecule has 0 saturated heterocycles. The Morgan fingerprint density at radius 1 is 1.14 bits per heavy atom. The first-order valence-corrected chi connectivity index (χ1v) is 7.72. The molecular formula is C17H19BrN2O. The molecule has 3 nitrogen and oxygen atoms in total. The molecule has 0 aliphatic rings. The summed E-state index contributed by atoms with van der Waals surface area (Å²) in [5.74, 6) is -0.0854. The monoisotopic (exact) mass is 346 g/mol. The van der Waals surface area contributed by atoms with Crippen LogP contribution in [0, 0.1) is 6.92 Å². The topological polar surface area (TPSA) is 41.1 Å². The minimum absolute atomic E-state index is 0.0854. The maximum atomic E-state index is 12.4. The number of halogens is 1. The van der Waals surface area contributed by atoms with Gasteiger partial charge in [0.1, 0.15) is 0 Å². The van der Waals surface area contributed by atoms with Crippen LogP contribution in [0.2, 0.25) is 0 Å². The van der Waals surface area contributed by atoms with Crippen molar-refractivity contribution in [3.63, 3.8) is 0 Å². The summed E-state index contributed by atoms with van der Waals surface area (Å²) < 4.78 is 1.02. The summed E-state index contributed by atoms with van der Waals surface area (Å²) in [5.41, 5.74) is 4.72. The van der Waals surface area contributed by atoms with Gasteiger partial charge in [-0.1, -0.05) is 22.9 Å². The van der Waals surface area contributed by atoms with E-state index in [0.29, 0.717) is 5.56 Å². The van der Waals surface area contributed by atoms with Crippen molar-refractivity contribution < 1.29 is 4.79 Å². The van der Waals surface area contributed by atoms with Crippen molar-refractivity contribution in [1.29, 1.82) is 0 Å². The van der Waals surface area contributed by atoms with E-state index >= 15 is 0 Å². The van der Waals surface area contributed by atoms with E-state index in [9.17, 15) is 4.79 Å². The van der Waals surface area contributed by atoms with E-state index in [1.807, 2.05) is 50.4 Å². The molecule has 1 amide bonds. The van der Waals surface area contributed by atoms with Crippen molar-refractivity contribution in [2.45, 2.75) is 20.3 Å². The molecule has 2 rings (SSSR count). The fraction of sp³-hybridized carbons (Fsp3) is 0.235. The van der Waals surface area contributed by atoms with Gasteiger partial charge in [0.15, 0.2) is 0 Å². The van der Waals surface area contributed by atoms with E-state index in [0.717, 1.165) is 33.4 Å². The Morgan fingerprint density at radius 2 is 1.86 bits per heavy atom. The molecular weight excluding hydrogens is 328 g/mol. The summed E-state index contributed by atoms with van der Waals surface area (Å²) in [4.78, 5) is 12.4. The Kier molecular flexibility index (Phi) is 5.02. The van der Waals surface area contributed by atoms with Crippen LogP contribution < -0.4 is 10.6 Å². The van der Waals surface area contributed by atoms with Crippen LogP contribution in [0.5, 0.6) is 0 Å². The van der Waals surface area contributed by atoms with Gasteiger partial charge in [-0.25, -0.2) is 0 Å². The van der Waals surface area contributed by atoms with E-state index in [1.54, 1.807) is 0 Å². The van der Waals surface area contributed by atoms with Crippen LogP contribution in [-0.2, 0) is 6.42 Å². The normalized spacial score (nSPS) is 10.3. The van der Waals surface area contributed by atoms with E-state index in [1.165, 1.54) is 0 Å². The van der Waals surface area contributed by atoms with Gasteiger partial charge in [-0.3, -0.25) is 4.79 Å².